The first-order valence-electron chi connectivity index (χ1n) is 9.74. The van der Waals surface area contributed by atoms with Gasteiger partial charge in [-0.05, 0) is 30.3 Å². The van der Waals surface area contributed by atoms with Gasteiger partial charge in [0.1, 0.15) is 13.2 Å². The van der Waals surface area contributed by atoms with Crippen molar-refractivity contribution < 1.29 is 32.2 Å². The summed E-state index contributed by atoms with van der Waals surface area (Å²) < 4.78 is 49.1. The lowest BCUT2D eigenvalue weighted by molar-refractivity contribution is -0.137. The van der Waals surface area contributed by atoms with E-state index in [0.717, 1.165) is 12.1 Å². The summed E-state index contributed by atoms with van der Waals surface area (Å²) in [4.78, 5) is 29.5. The van der Waals surface area contributed by atoms with E-state index in [1.807, 2.05) is 0 Å². The number of ether oxygens (including phenoxy) is 2. The topological polar surface area (TPSA) is 80.8 Å². The summed E-state index contributed by atoms with van der Waals surface area (Å²) in [6, 6.07) is 11.5. The number of fused-ring (bicyclic) bond motifs is 1. The van der Waals surface area contributed by atoms with Crippen molar-refractivity contribution in [2.24, 2.45) is 0 Å². The number of aromatic nitrogens is 1. The lowest BCUT2D eigenvalue weighted by Crippen LogP contribution is -2.29. The quantitative estimate of drug-likeness (QED) is 0.559. The second-order valence-electron chi connectivity index (χ2n) is 7.00. The smallest absolute Gasteiger partial charge is 0.416 e. The average molecular weight is 445 g/mol. The molecule has 0 spiro atoms. The van der Waals surface area contributed by atoms with E-state index in [-0.39, 0.29) is 24.2 Å². The van der Waals surface area contributed by atoms with Gasteiger partial charge in [-0.3, -0.25) is 4.98 Å². The van der Waals surface area contributed by atoms with Crippen molar-refractivity contribution in [2.45, 2.75) is 6.18 Å². The zero-order valence-electron chi connectivity index (χ0n) is 16.7. The van der Waals surface area contributed by atoms with Gasteiger partial charge < -0.3 is 19.7 Å². The highest BCUT2D eigenvalue weighted by molar-refractivity contribution is 5.99. The van der Waals surface area contributed by atoms with Gasteiger partial charge >= 0.3 is 18.2 Å². The molecule has 3 aromatic rings. The number of cyclic esters (lactones) is 1. The molecule has 0 aliphatic carbocycles. The molecule has 1 N–H and O–H groups in total. The van der Waals surface area contributed by atoms with Crippen molar-refractivity contribution in [1.29, 1.82) is 0 Å². The maximum Gasteiger partial charge on any atom is 0.416 e. The molecule has 7 nitrogen and oxygen atoms in total. The number of carbonyl (C=O) groups is 2. The van der Waals surface area contributed by atoms with E-state index < -0.39 is 23.8 Å². The summed E-state index contributed by atoms with van der Waals surface area (Å²) >= 11 is 0. The Bertz CT molecular complexity index is 1170. The molecule has 1 aromatic heterocycles. The molecule has 166 valence electrons. The maximum absolute atomic E-state index is 13.0. The van der Waals surface area contributed by atoms with Crippen molar-refractivity contribution in [3.63, 3.8) is 0 Å². The molecule has 1 aliphatic rings. The third-order valence-corrected chi connectivity index (χ3v) is 4.93. The average Bonchev–Trinajstić information content (AvgIpc) is 3.18. The summed E-state index contributed by atoms with van der Waals surface area (Å²) in [5.74, 6) is -0.599. The summed E-state index contributed by atoms with van der Waals surface area (Å²) in [5.41, 5.74) is 0.533. The van der Waals surface area contributed by atoms with Crippen molar-refractivity contribution in [3.05, 3.63) is 65.9 Å². The Morgan fingerprint density at radius 1 is 1.16 bits per heavy atom. The number of hydrogen-bond acceptors (Lipinski definition) is 6. The molecule has 0 saturated carbocycles. The Kier molecular flexibility index (Phi) is 5.85. The number of nitrogens with zero attached hydrogens (tertiary/aromatic N) is 2. The lowest BCUT2D eigenvalue weighted by atomic mass is 10.1. The van der Waals surface area contributed by atoms with Crippen LogP contribution in [0.2, 0.25) is 0 Å². The number of carbonyl (C=O) groups excluding carboxylic acids is 2. The predicted molar refractivity (Wildman–Crippen MR) is 110 cm³/mol. The molecule has 1 fully saturated rings. The number of halogens is 3. The van der Waals surface area contributed by atoms with Crippen LogP contribution in [0.5, 0.6) is 0 Å². The van der Waals surface area contributed by atoms with Gasteiger partial charge in [0, 0.05) is 17.3 Å². The number of amides is 1. The highest BCUT2D eigenvalue weighted by Crippen LogP contribution is 2.33. The van der Waals surface area contributed by atoms with Crippen molar-refractivity contribution in [2.75, 3.05) is 31.6 Å². The van der Waals surface area contributed by atoms with E-state index in [2.05, 4.69) is 10.3 Å². The van der Waals surface area contributed by atoms with Crippen LogP contribution in [-0.2, 0) is 15.7 Å². The van der Waals surface area contributed by atoms with Crippen LogP contribution in [0.4, 0.5) is 29.3 Å². The molecule has 0 radical (unpaired) electrons. The first-order valence-corrected chi connectivity index (χ1v) is 9.74. The molecular weight excluding hydrogens is 427 g/mol. The fourth-order valence-electron chi connectivity index (χ4n) is 3.30. The Hall–Kier alpha value is -3.82. The Morgan fingerprint density at radius 3 is 2.72 bits per heavy atom. The molecule has 0 atom stereocenters. The molecule has 4 rings (SSSR count). The molecule has 0 bridgehead atoms. The van der Waals surface area contributed by atoms with Crippen LogP contribution in [0.15, 0.2) is 54.7 Å². The second-order valence-corrected chi connectivity index (χ2v) is 7.00. The molecule has 0 unspecified atom stereocenters. The zero-order valence-corrected chi connectivity index (χ0v) is 16.7. The van der Waals surface area contributed by atoms with E-state index in [1.54, 1.807) is 30.3 Å². The summed E-state index contributed by atoms with van der Waals surface area (Å²) in [6.45, 7) is 0.973. The molecule has 2 aromatic carbocycles. The number of para-hydroxylation sites is 1. The first-order chi connectivity index (χ1) is 15.3. The standard InChI is InChI=1S/C22H18F3N3O4/c23-22(24,25)14-5-6-15-18(7-8-26-19(15)13-14)27-17-4-2-1-3-16(17)20(29)31-11-9-28-10-12-32-21(28)30/h1-8,13H,9-12H2,(H,26,27). The molecule has 10 heteroatoms. The van der Waals surface area contributed by atoms with Gasteiger partial charge in [-0.2, -0.15) is 13.2 Å². The van der Waals surface area contributed by atoms with Crippen LogP contribution in [0.1, 0.15) is 15.9 Å². The molecule has 32 heavy (non-hydrogen) atoms. The van der Waals surface area contributed by atoms with E-state index >= 15 is 0 Å². The molecule has 1 saturated heterocycles. The van der Waals surface area contributed by atoms with Crippen LogP contribution < -0.4 is 5.32 Å². The van der Waals surface area contributed by atoms with Gasteiger partial charge in [0.05, 0.1) is 35.4 Å². The SMILES string of the molecule is O=C(OCCN1CCOC1=O)c1ccccc1Nc1ccnc2cc(C(F)(F)F)ccc12. The second kappa shape index (κ2) is 8.74. The first kappa shape index (κ1) is 21.4. The molecule has 1 amide bonds. The van der Waals surface area contributed by atoms with Gasteiger partial charge in [-0.1, -0.05) is 18.2 Å². The van der Waals surface area contributed by atoms with E-state index in [0.29, 0.717) is 29.9 Å². The highest BCUT2D eigenvalue weighted by atomic mass is 19.4. The summed E-state index contributed by atoms with van der Waals surface area (Å²) in [6.07, 6.45) is -3.52. The predicted octanol–water partition coefficient (Wildman–Crippen LogP) is 4.61. The third kappa shape index (κ3) is 4.58. The van der Waals surface area contributed by atoms with Crippen molar-refractivity contribution in [1.82, 2.24) is 9.88 Å². The number of anilines is 2. The minimum atomic E-state index is -4.47. The largest absolute Gasteiger partial charge is 0.460 e. The number of nitrogens with one attached hydrogen (secondary N) is 1. The monoisotopic (exact) mass is 445 g/mol. The molecule has 2 heterocycles. The minimum absolute atomic E-state index is 0.000669. The van der Waals surface area contributed by atoms with Gasteiger partial charge in [0.2, 0.25) is 0 Å². The van der Waals surface area contributed by atoms with Gasteiger partial charge in [0.15, 0.2) is 0 Å². The minimum Gasteiger partial charge on any atom is -0.460 e. The summed E-state index contributed by atoms with van der Waals surface area (Å²) in [7, 11) is 0. The molecule has 1 aliphatic heterocycles. The number of pyridine rings is 1. The zero-order chi connectivity index (χ0) is 22.7. The number of esters is 1. The Labute approximate surface area is 180 Å². The van der Waals surface area contributed by atoms with Crippen LogP contribution in [0, 0.1) is 0 Å². The van der Waals surface area contributed by atoms with E-state index in [9.17, 15) is 22.8 Å². The summed E-state index contributed by atoms with van der Waals surface area (Å²) in [5, 5.41) is 3.56. The van der Waals surface area contributed by atoms with Crippen LogP contribution in [0.3, 0.4) is 0 Å². The number of benzene rings is 2. The van der Waals surface area contributed by atoms with Gasteiger partial charge in [-0.15, -0.1) is 0 Å². The van der Waals surface area contributed by atoms with Gasteiger partial charge in [0.25, 0.3) is 0 Å². The van der Waals surface area contributed by atoms with E-state index in [1.165, 1.54) is 17.2 Å². The maximum atomic E-state index is 13.0. The number of hydrogen-bond donors (Lipinski definition) is 1. The Morgan fingerprint density at radius 2 is 1.97 bits per heavy atom. The fourth-order valence-corrected chi connectivity index (χ4v) is 3.30. The van der Waals surface area contributed by atoms with Crippen LogP contribution in [-0.4, -0.2) is 48.2 Å². The Balaban J connectivity index is 1.52. The number of alkyl halides is 3. The van der Waals surface area contributed by atoms with Crippen molar-refractivity contribution in [3.8, 4) is 0 Å². The highest BCUT2D eigenvalue weighted by Gasteiger charge is 2.30. The number of rotatable bonds is 6. The van der Waals surface area contributed by atoms with Crippen LogP contribution >= 0.6 is 0 Å². The van der Waals surface area contributed by atoms with Gasteiger partial charge in [-0.25, -0.2) is 9.59 Å². The lowest BCUT2D eigenvalue weighted by Gasteiger charge is -2.15. The normalized spacial score (nSPS) is 13.8. The van der Waals surface area contributed by atoms with Crippen molar-refractivity contribution >= 4 is 34.3 Å². The molecular formula is C22H18F3N3O4. The fraction of sp³-hybridized carbons (Fsp3) is 0.227. The van der Waals surface area contributed by atoms with E-state index in [4.69, 9.17) is 9.47 Å². The van der Waals surface area contributed by atoms with Crippen LogP contribution in [0.25, 0.3) is 10.9 Å². The third-order valence-electron chi connectivity index (χ3n) is 4.93.